The van der Waals surface area contributed by atoms with E-state index in [-0.39, 0.29) is 11.7 Å². The van der Waals surface area contributed by atoms with E-state index in [1.54, 1.807) is 24.8 Å². The molecule has 126 valence electrons. The lowest BCUT2D eigenvalue weighted by Gasteiger charge is -2.11. The van der Waals surface area contributed by atoms with Crippen LogP contribution in [0.25, 0.3) is 0 Å². The summed E-state index contributed by atoms with van der Waals surface area (Å²) in [4.78, 5) is 23.7. The first-order chi connectivity index (χ1) is 11.5. The van der Waals surface area contributed by atoms with E-state index in [2.05, 4.69) is 5.32 Å². The zero-order valence-electron chi connectivity index (χ0n) is 14.1. The van der Waals surface area contributed by atoms with E-state index in [4.69, 9.17) is 4.74 Å². The predicted octanol–water partition coefficient (Wildman–Crippen LogP) is 4.54. The molecule has 0 aliphatic carbocycles. The number of thioether (sulfide) groups is 1. The third-order valence-electron chi connectivity index (χ3n) is 3.34. The molecular weight excluding hydrogens is 322 g/mol. The molecule has 0 atom stereocenters. The molecule has 0 fully saturated rings. The number of Topliss-reactive ketones (excluding diaryl/α,β-unsaturated/α-hetero) is 1. The molecule has 2 aromatic rings. The van der Waals surface area contributed by atoms with Crippen molar-refractivity contribution >= 4 is 29.1 Å². The van der Waals surface area contributed by atoms with Crippen LogP contribution in [0.4, 0.5) is 5.69 Å². The van der Waals surface area contributed by atoms with Gasteiger partial charge in [-0.05, 0) is 56.3 Å². The van der Waals surface area contributed by atoms with Crippen LogP contribution in [0, 0.1) is 0 Å². The SMILES string of the molecule is CCOc1ccc(C(C)=O)cc1CSc1ccc(NC(C)=O)cc1. The lowest BCUT2D eigenvalue weighted by molar-refractivity contribution is -0.114. The van der Waals surface area contributed by atoms with Crippen molar-refractivity contribution in [3.05, 3.63) is 53.6 Å². The lowest BCUT2D eigenvalue weighted by Crippen LogP contribution is -2.05. The summed E-state index contributed by atoms with van der Waals surface area (Å²) >= 11 is 1.66. The first-order valence-corrected chi connectivity index (χ1v) is 8.75. The maximum atomic E-state index is 11.6. The molecule has 2 rings (SSSR count). The second kappa shape index (κ2) is 8.55. The van der Waals surface area contributed by atoms with Gasteiger partial charge in [0.1, 0.15) is 5.75 Å². The third-order valence-corrected chi connectivity index (χ3v) is 4.40. The van der Waals surface area contributed by atoms with Gasteiger partial charge in [-0.15, -0.1) is 11.8 Å². The average molecular weight is 343 g/mol. The van der Waals surface area contributed by atoms with Gasteiger partial charge in [0.25, 0.3) is 0 Å². The molecule has 0 spiro atoms. The highest BCUT2D eigenvalue weighted by Gasteiger charge is 2.08. The monoisotopic (exact) mass is 343 g/mol. The number of amides is 1. The molecule has 0 bridgehead atoms. The number of benzene rings is 2. The minimum Gasteiger partial charge on any atom is -0.494 e. The van der Waals surface area contributed by atoms with Gasteiger partial charge in [0, 0.05) is 34.4 Å². The summed E-state index contributed by atoms with van der Waals surface area (Å²) < 4.78 is 5.65. The molecule has 1 N–H and O–H groups in total. The molecule has 1 amide bonds. The Morgan fingerprint density at radius 3 is 2.38 bits per heavy atom. The number of anilines is 1. The van der Waals surface area contributed by atoms with Crippen LogP contribution in [0.5, 0.6) is 5.75 Å². The van der Waals surface area contributed by atoms with Crippen LogP contribution in [0.15, 0.2) is 47.4 Å². The quantitative estimate of drug-likeness (QED) is 0.592. The molecule has 0 radical (unpaired) electrons. The fourth-order valence-corrected chi connectivity index (χ4v) is 3.08. The van der Waals surface area contributed by atoms with Gasteiger partial charge in [0.15, 0.2) is 5.78 Å². The second-order valence-corrected chi connectivity index (χ2v) is 6.35. The lowest BCUT2D eigenvalue weighted by atomic mass is 10.1. The van der Waals surface area contributed by atoms with Crippen molar-refractivity contribution in [1.29, 1.82) is 0 Å². The van der Waals surface area contributed by atoms with E-state index < -0.39 is 0 Å². The highest BCUT2D eigenvalue weighted by Crippen LogP contribution is 2.30. The molecular formula is C19H21NO3S. The molecule has 24 heavy (non-hydrogen) atoms. The summed E-state index contributed by atoms with van der Waals surface area (Å²) in [5.41, 5.74) is 2.47. The Morgan fingerprint density at radius 2 is 1.79 bits per heavy atom. The van der Waals surface area contributed by atoms with Gasteiger partial charge in [-0.3, -0.25) is 9.59 Å². The van der Waals surface area contributed by atoms with Crippen molar-refractivity contribution in [2.45, 2.75) is 31.4 Å². The summed E-state index contributed by atoms with van der Waals surface area (Å²) in [6.45, 7) is 5.58. The normalized spacial score (nSPS) is 10.3. The van der Waals surface area contributed by atoms with E-state index in [1.165, 1.54) is 6.92 Å². The second-order valence-electron chi connectivity index (χ2n) is 5.31. The van der Waals surface area contributed by atoms with Crippen LogP contribution in [-0.4, -0.2) is 18.3 Å². The smallest absolute Gasteiger partial charge is 0.221 e. The minimum absolute atomic E-state index is 0.0453. The molecule has 2 aromatic carbocycles. The minimum atomic E-state index is -0.0854. The highest BCUT2D eigenvalue weighted by atomic mass is 32.2. The first kappa shape index (κ1) is 18.1. The van der Waals surface area contributed by atoms with Gasteiger partial charge >= 0.3 is 0 Å². The zero-order chi connectivity index (χ0) is 17.5. The van der Waals surface area contributed by atoms with Gasteiger partial charge in [-0.1, -0.05) is 0 Å². The zero-order valence-corrected chi connectivity index (χ0v) is 14.9. The average Bonchev–Trinajstić information content (AvgIpc) is 2.54. The summed E-state index contributed by atoms with van der Waals surface area (Å²) in [5, 5.41) is 2.75. The van der Waals surface area contributed by atoms with Crippen LogP contribution in [0.1, 0.15) is 36.7 Å². The van der Waals surface area contributed by atoms with Crippen molar-refractivity contribution in [3.8, 4) is 5.75 Å². The van der Waals surface area contributed by atoms with E-state index in [9.17, 15) is 9.59 Å². The molecule has 0 aliphatic rings. The topological polar surface area (TPSA) is 55.4 Å². The predicted molar refractivity (Wildman–Crippen MR) is 97.9 cm³/mol. The Morgan fingerprint density at radius 1 is 1.08 bits per heavy atom. The Bertz CT molecular complexity index is 726. The van der Waals surface area contributed by atoms with E-state index >= 15 is 0 Å². The van der Waals surface area contributed by atoms with Crippen LogP contribution in [-0.2, 0) is 10.5 Å². The van der Waals surface area contributed by atoms with Crippen LogP contribution in [0.3, 0.4) is 0 Å². The standard InChI is InChI=1S/C19H21NO3S/c1-4-23-19-10-5-15(13(2)21)11-16(19)12-24-18-8-6-17(7-9-18)20-14(3)22/h5-11H,4,12H2,1-3H3,(H,20,22). The van der Waals surface area contributed by atoms with E-state index in [0.29, 0.717) is 17.9 Å². The Hall–Kier alpha value is -2.27. The number of carbonyl (C=O) groups is 2. The summed E-state index contributed by atoms with van der Waals surface area (Å²) in [5.74, 6) is 1.47. The van der Waals surface area contributed by atoms with Gasteiger partial charge in [-0.25, -0.2) is 0 Å². The number of nitrogens with one attached hydrogen (secondary N) is 1. The Kier molecular flexibility index (Phi) is 6.44. The van der Waals surface area contributed by atoms with Gasteiger partial charge in [0.05, 0.1) is 6.61 Å². The Balaban J connectivity index is 2.10. The van der Waals surface area contributed by atoms with Crippen molar-refractivity contribution in [1.82, 2.24) is 0 Å². The fourth-order valence-electron chi connectivity index (χ4n) is 2.21. The maximum Gasteiger partial charge on any atom is 0.221 e. The first-order valence-electron chi connectivity index (χ1n) is 7.76. The number of ether oxygens (including phenoxy) is 1. The molecule has 4 nitrogen and oxygen atoms in total. The largest absolute Gasteiger partial charge is 0.494 e. The summed E-state index contributed by atoms with van der Waals surface area (Å²) in [7, 11) is 0. The van der Waals surface area contributed by atoms with Crippen LogP contribution < -0.4 is 10.1 Å². The number of hydrogen-bond acceptors (Lipinski definition) is 4. The molecule has 0 aliphatic heterocycles. The highest BCUT2D eigenvalue weighted by molar-refractivity contribution is 7.98. The van der Waals surface area contributed by atoms with Crippen molar-refractivity contribution in [3.63, 3.8) is 0 Å². The van der Waals surface area contributed by atoms with Crippen molar-refractivity contribution in [2.75, 3.05) is 11.9 Å². The molecule has 0 heterocycles. The van der Waals surface area contributed by atoms with Crippen molar-refractivity contribution in [2.24, 2.45) is 0 Å². The van der Waals surface area contributed by atoms with E-state index in [0.717, 1.165) is 21.9 Å². The fraction of sp³-hybridized carbons (Fsp3) is 0.263. The molecule has 0 saturated heterocycles. The molecule has 0 saturated carbocycles. The molecule has 0 unspecified atom stereocenters. The molecule has 0 aromatic heterocycles. The van der Waals surface area contributed by atoms with E-state index in [1.807, 2.05) is 43.3 Å². The Labute approximate surface area is 146 Å². The van der Waals surface area contributed by atoms with Gasteiger partial charge in [0.2, 0.25) is 5.91 Å². The van der Waals surface area contributed by atoms with Gasteiger partial charge < -0.3 is 10.1 Å². The van der Waals surface area contributed by atoms with Crippen LogP contribution in [0.2, 0.25) is 0 Å². The number of carbonyl (C=O) groups excluding carboxylic acids is 2. The third kappa shape index (κ3) is 5.13. The number of hydrogen-bond donors (Lipinski definition) is 1. The number of ketones is 1. The maximum absolute atomic E-state index is 11.6. The molecule has 5 heteroatoms. The van der Waals surface area contributed by atoms with Crippen molar-refractivity contribution < 1.29 is 14.3 Å². The number of rotatable bonds is 7. The van der Waals surface area contributed by atoms with Gasteiger partial charge in [-0.2, -0.15) is 0 Å². The summed E-state index contributed by atoms with van der Waals surface area (Å²) in [6.07, 6.45) is 0. The summed E-state index contributed by atoms with van der Waals surface area (Å²) in [6, 6.07) is 13.2. The van der Waals surface area contributed by atoms with Crippen LogP contribution >= 0.6 is 11.8 Å².